The molecule has 0 spiro atoms. The number of carbonyl (C=O) groups is 1. The van der Waals surface area contributed by atoms with Gasteiger partial charge in [0.05, 0.1) is 12.3 Å². The summed E-state index contributed by atoms with van der Waals surface area (Å²) in [5.74, 6) is -1.06. The number of aryl methyl sites for hydroxylation is 1. The lowest BCUT2D eigenvalue weighted by atomic mass is 10.1. The Morgan fingerprint density at radius 1 is 1.43 bits per heavy atom. The van der Waals surface area contributed by atoms with Crippen LogP contribution in [0.2, 0.25) is 0 Å². The molecule has 0 aliphatic rings. The SMILES string of the molecule is COCc1cccc(-n2cc(CCCO)c(C(=O)O)n2)c1. The zero-order valence-electron chi connectivity index (χ0n) is 11.8. The molecule has 6 nitrogen and oxygen atoms in total. The summed E-state index contributed by atoms with van der Waals surface area (Å²) < 4.78 is 6.64. The third-order valence-electron chi connectivity index (χ3n) is 3.08. The van der Waals surface area contributed by atoms with Crippen molar-refractivity contribution in [2.45, 2.75) is 19.4 Å². The van der Waals surface area contributed by atoms with E-state index in [2.05, 4.69) is 5.10 Å². The van der Waals surface area contributed by atoms with E-state index < -0.39 is 5.97 Å². The molecule has 0 radical (unpaired) electrons. The molecule has 6 heteroatoms. The maximum atomic E-state index is 11.2. The van der Waals surface area contributed by atoms with E-state index in [1.54, 1.807) is 18.0 Å². The molecule has 0 fully saturated rings. The van der Waals surface area contributed by atoms with Crippen molar-refractivity contribution >= 4 is 5.97 Å². The number of methoxy groups -OCH3 is 1. The lowest BCUT2D eigenvalue weighted by Crippen LogP contribution is -2.03. The first-order valence-electron chi connectivity index (χ1n) is 6.66. The lowest BCUT2D eigenvalue weighted by Gasteiger charge is -2.04. The average molecular weight is 290 g/mol. The molecule has 21 heavy (non-hydrogen) atoms. The van der Waals surface area contributed by atoms with Gasteiger partial charge in [0.1, 0.15) is 0 Å². The molecule has 1 heterocycles. The lowest BCUT2D eigenvalue weighted by molar-refractivity contribution is 0.0688. The fourth-order valence-corrected chi connectivity index (χ4v) is 2.13. The van der Waals surface area contributed by atoms with E-state index in [1.807, 2.05) is 24.3 Å². The molecule has 2 N–H and O–H groups in total. The number of hydrogen-bond donors (Lipinski definition) is 2. The van der Waals surface area contributed by atoms with Crippen molar-refractivity contribution in [1.29, 1.82) is 0 Å². The molecule has 0 saturated carbocycles. The molecule has 0 aliphatic carbocycles. The molecular weight excluding hydrogens is 272 g/mol. The predicted octanol–water partition coefficient (Wildman–Crippen LogP) is 1.64. The quantitative estimate of drug-likeness (QED) is 0.810. The monoisotopic (exact) mass is 290 g/mol. The number of carboxylic acid groups (broad SMARTS) is 1. The van der Waals surface area contributed by atoms with Gasteiger partial charge in [-0.05, 0) is 30.5 Å². The first-order valence-corrected chi connectivity index (χ1v) is 6.66. The highest BCUT2D eigenvalue weighted by molar-refractivity contribution is 5.87. The van der Waals surface area contributed by atoms with Crippen LogP contribution in [0.3, 0.4) is 0 Å². The van der Waals surface area contributed by atoms with Gasteiger partial charge in [0, 0.05) is 25.5 Å². The second kappa shape index (κ2) is 7.01. The highest BCUT2D eigenvalue weighted by atomic mass is 16.5. The minimum Gasteiger partial charge on any atom is -0.476 e. The summed E-state index contributed by atoms with van der Waals surface area (Å²) in [6.45, 7) is 0.506. The van der Waals surface area contributed by atoms with Crippen LogP contribution in [0.4, 0.5) is 0 Å². The molecule has 1 aromatic heterocycles. The number of benzene rings is 1. The zero-order chi connectivity index (χ0) is 15.2. The molecule has 0 bridgehead atoms. The van der Waals surface area contributed by atoms with Gasteiger partial charge in [0.25, 0.3) is 0 Å². The number of aliphatic hydroxyl groups is 1. The van der Waals surface area contributed by atoms with Gasteiger partial charge >= 0.3 is 5.97 Å². The summed E-state index contributed by atoms with van der Waals surface area (Å²) in [5.41, 5.74) is 2.41. The molecule has 0 saturated heterocycles. The summed E-state index contributed by atoms with van der Waals surface area (Å²) >= 11 is 0. The number of aliphatic hydroxyl groups excluding tert-OH is 1. The van der Waals surface area contributed by atoms with Crippen molar-refractivity contribution in [3.8, 4) is 5.69 Å². The van der Waals surface area contributed by atoms with Crippen molar-refractivity contribution in [1.82, 2.24) is 9.78 Å². The van der Waals surface area contributed by atoms with E-state index in [-0.39, 0.29) is 12.3 Å². The first kappa shape index (κ1) is 15.2. The molecule has 112 valence electrons. The van der Waals surface area contributed by atoms with Gasteiger partial charge in [-0.1, -0.05) is 12.1 Å². The molecule has 0 amide bonds. The second-order valence-corrected chi connectivity index (χ2v) is 4.68. The van der Waals surface area contributed by atoms with Crippen LogP contribution < -0.4 is 0 Å². The maximum Gasteiger partial charge on any atom is 0.356 e. The number of hydrogen-bond acceptors (Lipinski definition) is 4. The number of carboxylic acids is 1. The minimum absolute atomic E-state index is 0.0214. The highest BCUT2D eigenvalue weighted by Crippen LogP contribution is 2.16. The molecular formula is C15H18N2O4. The van der Waals surface area contributed by atoms with E-state index in [0.29, 0.717) is 25.0 Å². The topological polar surface area (TPSA) is 84.6 Å². The number of nitrogens with zero attached hydrogens (tertiary/aromatic N) is 2. The first-order chi connectivity index (χ1) is 10.2. The Hall–Kier alpha value is -2.18. The van der Waals surface area contributed by atoms with Gasteiger partial charge in [-0.15, -0.1) is 0 Å². The van der Waals surface area contributed by atoms with Crippen LogP contribution in [-0.4, -0.2) is 39.7 Å². The van der Waals surface area contributed by atoms with Crippen molar-refractivity contribution in [3.05, 3.63) is 47.3 Å². The zero-order valence-corrected chi connectivity index (χ0v) is 11.8. The largest absolute Gasteiger partial charge is 0.476 e. The molecule has 0 atom stereocenters. The molecule has 1 aromatic carbocycles. The highest BCUT2D eigenvalue weighted by Gasteiger charge is 2.16. The standard InChI is InChI=1S/C15H18N2O4/c1-21-10-11-4-2-6-13(8-11)17-9-12(5-3-7-18)14(16-17)15(19)20/h2,4,6,8-9,18H,3,5,7,10H2,1H3,(H,19,20). The van der Waals surface area contributed by atoms with Gasteiger partial charge in [0.2, 0.25) is 0 Å². The van der Waals surface area contributed by atoms with E-state index >= 15 is 0 Å². The summed E-state index contributed by atoms with van der Waals surface area (Å²) in [6.07, 6.45) is 2.69. The summed E-state index contributed by atoms with van der Waals surface area (Å²) in [4.78, 5) is 11.2. The Bertz CT molecular complexity index is 622. The maximum absolute atomic E-state index is 11.2. The number of aromatic carboxylic acids is 1. The molecule has 0 unspecified atom stereocenters. The van der Waals surface area contributed by atoms with Crippen LogP contribution in [-0.2, 0) is 17.8 Å². The van der Waals surface area contributed by atoms with Gasteiger partial charge < -0.3 is 14.9 Å². The molecule has 0 aliphatic heterocycles. The second-order valence-electron chi connectivity index (χ2n) is 4.68. The van der Waals surface area contributed by atoms with Gasteiger partial charge in [-0.25, -0.2) is 9.48 Å². The summed E-state index contributed by atoms with van der Waals surface area (Å²) in [5, 5.41) is 22.2. The summed E-state index contributed by atoms with van der Waals surface area (Å²) in [7, 11) is 1.62. The van der Waals surface area contributed by atoms with Crippen LogP contribution >= 0.6 is 0 Å². The number of rotatable bonds is 7. The minimum atomic E-state index is -1.06. The number of ether oxygens (including phenoxy) is 1. The number of aromatic nitrogens is 2. The Morgan fingerprint density at radius 3 is 2.90 bits per heavy atom. The third kappa shape index (κ3) is 3.68. The van der Waals surface area contributed by atoms with Crippen molar-refractivity contribution < 1.29 is 19.7 Å². The molecule has 2 rings (SSSR count). The fourth-order valence-electron chi connectivity index (χ4n) is 2.13. The average Bonchev–Trinajstić information content (AvgIpc) is 2.90. The predicted molar refractivity (Wildman–Crippen MR) is 76.6 cm³/mol. The Labute approximate surface area is 122 Å². The van der Waals surface area contributed by atoms with Crippen LogP contribution in [0.5, 0.6) is 0 Å². The molecule has 2 aromatic rings. The van der Waals surface area contributed by atoms with E-state index in [9.17, 15) is 9.90 Å². The van der Waals surface area contributed by atoms with E-state index in [1.165, 1.54) is 0 Å². The van der Waals surface area contributed by atoms with Crippen molar-refractivity contribution in [2.75, 3.05) is 13.7 Å². The van der Waals surface area contributed by atoms with Crippen LogP contribution in [0, 0.1) is 0 Å². The van der Waals surface area contributed by atoms with Gasteiger partial charge in [-0.3, -0.25) is 0 Å². The Balaban J connectivity index is 2.35. The van der Waals surface area contributed by atoms with Gasteiger partial charge in [0.15, 0.2) is 5.69 Å². The van der Waals surface area contributed by atoms with Crippen LogP contribution in [0.15, 0.2) is 30.5 Å². The van der Waals surface area contributed by atoms with Gasteiger partial charge in [-0.2, -0.15) is 5.10 Å². The smallest absolute Gasteiger partial charge is 0.356 e. The fraction of sp³-hybridized carbons (Fsp3) is 0.333. The Kier molecular flexibility index (Phi) is 5.08. The van der Waals surface area contributed by atoms with Crippen molar-refractivity contribution in [3.63, 3.8) is 0 Å². The summed E-state index contributed by atoms with van der Waals surface area (Å²) in [6, 6.07) is 7.56. The van der Waals surface area contributed by atoms with E-state index in [0.717, 1.165) is 11.3 Å². The van der Waals surface area contributed by atoms with Crippen molar-refractivity contribution in [2.24, 2.45) is 0 Å². The van der Waals surface area contributed by atoms with Crippen LogP contribution in [0.1, 0.15) is 28.0 Å². The van der Waals surface area contributed by atoms with E-state index in [4.69, 9.17) is 9.84 Å². The normalized spacial score (nSPS) is 10.8. The third-order valence-corrected chi connectivity index (χ3v) is 3.08. The Morgan fingerprint density at radius 2 is 2.24 bits per heavy atom. The van der Waals surface area contributed by atoms with Crippen LogP contribution in [0.25, 0.3) is 5.69 Å².